The molecule has 2 nitrogen and oxygen atoms in total. The molecular weight excluding hydrogens is 162 g/mol. The summed E-state index contributed by atoms with van der Waals surface area (Å²) >= 11 is 0. The van der Waals surface area contributed by atoms with Crippen molar-refractivity contribution in [2.45, 2.75) is 44.8 Å². The third-order valence-corrected chi connectivity index (χ3v) is 3.92. The Hall–Kier alpha value is -0.0800. The Labute approximate surface area is 80.9 Å². The largest absolute Gasteiger partial charge is 0.392 e. The van der Waals surface area contributed by atoms with Crippen molar-refractivity contribution in [2.24, 2.45) is 11.8 Å². The summed E-state index contributed by atoms with van der Waals surface area (Å²) in [6.07, 6.45) is 5.51. The molecule has 0 saturated heterocycles. The van der Waals surface area contributed by atoms with Crippen LogP contribution in [0.25, 0.3) is 0 Å². The molecule has 0 aromatic carbocycles. The minimum absolute atomic E-state index is 0.177. The van der Waals surface area contributed by atoms with E-state index in [2.05, 4.69) is 11.9 Å². The first-order valence-corrected chi connectivity index (χ1v) is 5.57. The third kappa shape index (κ3) is 1.75. The topological polar surface area (TPSA) is 23.5 Å². The van der Waals surface area contributed by atoms with Crippen LogP contribution < -0.4 is 0 Å². The van der Waals surface area contributed by atoms with Crippen LogP contribution in [0.1, 0.15) is 32.6 Å². The van der Waals surface area contributed by atoms with Crippen LogP contribution in [0.15, 0.2) is 0 Å². The van der Waals surface area contributed by atoms with Crippen molar-refractivity contribution < 1.29 is 5.11 Å². The van der Waals surface area contributed by atoms with Crippen LogP contribution in [-0.4, -0.2) is 35.7 Å². The van der Waals surface area contributed by atoms with E-state index in [4.69, 9.17) is 0 Å². The van der Waals surface area contributed by atoms with Crippen molar-refractivity contribution in [3.63, 3.8) is 0 Å². The lowest BCUT2D eigenvalue weighted by molar-refractivity contribution is 0.0724. The summed E-state index contributed by atoms with van der Waals surface area (Å²) in [7, 11) is 2.16. The van der Waals surface area contributed by atoms with Gasteiger partial charge in [0.15, 0.2) is 0 Å². The van der Waals surface area contributed by atoms with Gasteiger partial charge in [0.1, 0.15) is 0 Å². The van der Waals surface area contributed by atoms with E-state index >= 15 is 0 Å². The van der Waals surface area contributed by atoms with E-state index in [0.717, 1.165) is 24.4 Å². The van der Waals surface area contributed by atoms with Gasteiger partial charge in [-0.05, 0) is 51.5 Å². The van der Waals surface area contributed by atoms with E-state index in [1.807, 2.05) is 6.92 Å². The second kappa shape index (κ2) is 3.58. The Bertz CT molecular complexity index is 181. The molecule has 13 heavy (non-hydrogen) atoms. The first-order valence-electron chi connectivity index (χ1n) is 5.57. The van der Waals surface area contributed by atoms with E-state index < -0.39 is 0 Å². The van der Waals surface area contributed by atoms with Crippen molar-refractivity contribution in [2.75, 3.05) is 13.6 Å². The predicted octanol–water partition coefficient (Wildman–Crippen LogP) is 1.49. The van der Waals surface area contributed by atoms with Crippen LogP contribution in [0.5, 0.6) is 0 Å². The highest BCUT2D eigenvalue weighted by Gasteiger charge is 2.43. The van der Waals surface area contributed by atoms with Crippen molar-refractivity contribution in [1.82, 2.24) is 4.90 Å². The Morgan fingerprint density at radius 3 is 2.46 bits per heavy atom. The normalized spacial score (nSPS) is 40.2. The summed E-state index contributed by atoms with van der Waals surface area (Å²) in [5.74, 6) is 1.99. The molecular formula is C11H21NO. The minimum Gasteiger partial charge on any atom is -0.392 e. The molecule has 4 atom stereocenters. The summed E-state index contributed by atoms with van der Waals surface area (Å²) in [4.78, 5) is 2.37. The standard InChI is InChI=1S/C11H21NO/c1-8(13)7-12(2)11-6-4-9-3-5-10(9)11/h8-11,13H,3-7H2,1-2H3. The number of hydrogen-bond acceptors (Lipinski definition) is 2. The number of rotatable bonds is 3. The molecule has 0 aromatic heterocycles. The molecule has 0 heterocycles. The zero-order chi connectivity index (χ0) is 9.42. The quantitative estimate of drug-likeness (QED) is 0.716. The first kappa shape index (κ1) is 9.47. The van der Waals surface area contributed by atoms with Gasteiger partial charge in [-0.25, -0.2) is 0 Å². The lowest BCUT2D eigenvalue weighted by Gasteiger charge is -2.38. The Balaban J connectivity index is 1.86. The zero-order valence-electron chi connectivity index (χ0n) is 8.74. The number of hydrogen-bond donors (Lipinski definition) is 1. The molecule has 76 valence electrons. The highest BCUT2D eigenvalue weighted by molar-refractivity contribution is 4.96. The van der Waals surface area contributed by atoms with Gasteiger partial charge in [-0.15, -0.1) is 0 Å². The molecule has 0 aliphatic heterocycles. The number of aliphatic hydroxyl groups is 1. The second-order valence-corrected chi connectivity index (χ2v) is 4.93. The molecule has 2 rings (SSSR count). The monoisotopic (exact) mass is 183 g/mol. The first-order chi connectivity index (χ1) is 6.18. The molecule has 1 N–H and O–H groups in total. The molecule has 2 fully saturated rings. The van der Waals surface area contributed by atoms with Gasteiger partial charge in [0.25, 0.3) is 0 Å². The highest BCUT2D eigenvalue weighted by atomic mass is 16.3. The van der Waals surface area contributed by atoms with Crippen molar-refractivity contribution in [3.05, 3.63) is 0 Å². The smallest absolute Gasteiger partial charge is 0.0639 e. The maximum Gasteiger partial charge on any atom is 0.0639 e. The van der Waals surface area contributed by atoms with Gasteiger partial charge >= 0.3 is 0 Å². The third-order valence-electron chi connectivity index (χ3n) is 3.92. The van der Waals surface area contributed by atoms with Gasteiger partial charge in [-0.1, -0.05) is 0 Å². The summed E-state index contributed by atoms with van der Waals surface area (Å²) in [5, 5.41) is 9.31. The van der Waals surface area contributed by atoms with E-state index in [-0.39, 0.29) is 6.10 Å². The highest BCUT2D eigenvalue weighted by Crippen LogP contribution is 2.48. The molecule has 0 radical (unpaired) electrons. The fourth-order valence-electron chi connectivity index (χ4n) is 3.16. The van der Waals surface area contributed by atoms with Gasteiger partial charge < -0.3 is 10.0 Å². The van der Waals surface area contributed by atoms with E-state index in [1.165, 1.54) is 25.7 Å². The summed E-state index contributed by atoms with van der Waals surface area (Å²) in [6, 6.07) is 0.772. The number of fused-ring (bicyclic) bond motifs is 1. The van der Waals surface area contributed by atoms with Crippen LogP contribution >= 0.6 is 0 Å². The second-order valence-electron chi connectivity index (χ2n) is 4.93. The molecule has 0 aromatic rings. The van der Waals surface area contributed by atoms with E-state index in [0.29, 0.717) is 0 Å². The van der Waals surface area contributed by atoms with Gasteiger partial charge in [0.2, 0.25) is 0 Å². The summed E-state index contributed by atoms with van der Waals surface area (Å²) in [6.45, 7) is 2.72. The molecule has 0 spiro atoms. The van der Waals surface area contributed by atoms with Gasteiger partial charge in [-0.3, -0.25) is 0 Å². The van der Waals surface area contributed by atoms with Crippen molar-refractivity contribution >= 4 is 0 Å². The average Bonchev–Trinajstić information content (AvgIpc) is 2.25. The summed E-state index contributed by atoms with van der Waals surface area (Å²) in [5.41, 5.74) is 0. The Morgan fingerprint density at radius 1 is 1.31 bits per heavy atom. The van der Waals surface area contributed by atoms with Crippen LogP contribution in [-0.2, 0) is 0 Å². The minimum atomic E-state index is -0.177. The summed E-state index contributed by atoms with van der Waals surface area (Å²) < 4.78 is 0. The van der Waals surface area contributed by atoms with E-state index in [1.54, 1.807) is 0 Å². The lowest BCUT2D eigenvalue weighted by atomic mass is 9.74. The van der Waals surface area contributed by atoms with Gasteiger partial charge in [0.05, 0.1) is 6.10 Å². The Morgan fingerprint density at radius 2 is 2.00 bits per heavy atom. The van der Waals surface area contributed by atoms with Crippen molar-refractivity contribution in [1.29, 1.82) is 0 Å². The lowest BCUT2D eigenvalue weighted by Crippen LogP contribution is -2.42. The number of nitrogens with zero attached hydrogens (tertiary/aromatic N) is 1. The molecule has 2 aliphatic carbocycles. The van der Waals surface area contributed by atoms with Gasteiger partial charge in [0, 0.05) is 12.6 Å². The number of aliphatic hydroxyl groups excluding tert-OH is 1. The Kier molecular flexibility index (Phi) is 2.61. The number of likely N-dealkylation sites (N-methyl/N-ethyl adjacent to an activating group) is 1. The fourth-order valence-corrected chi connectivity index (χ4v) is 3.16. The molecule has 4 unspecified atom stereocenters. The SMILES string of the molecule is CC(O)CN(C)C1CCC2CCC21. The maximum absolute atomic E-state index is 9.31. The van der Waals surface area contributed by atoms with E-state index in [9.17, 15) is 5.11 Å². The predicted molar refractivity (Wildman–Crippen MR) is 53.5 cm³/mol. The maximum atomic E-state index is 9.31. The van der Waals surface area contributed by atoms with Crippen LogP contribution in [0.4, 0.5) is 0 Å². The van der Waals surface area contributed by atoms with Gasteiger partial charge in [-0.2, -0.15) is 0 Å². The molecule has 2 saturated carbocycles. The van der Waals surface area contributed by atoms with Crippen LogP contribution in [0, 0.1) is 11.8 Å². The molecule has 2 heteroatoms. The fraction of sp³-hybridized carbons (Fsp3) is 1.00. The van der Waals surface area contributed by atoms with Crippen LogP contribution in [0.2, 0.25) is 0 Å². The molecule has 0 bridgehead atoms. The molecule has 2 aliphatic rings. The zero-order valence-corrected chi connectivity index (χ0v) is 8.74. The van der Waals surface area contributed by atoms with Crippen LogP contribution in [0.3, 0.4) is 0 Å². The average molecular weight is 183 g/mol. The van der Waals surface area contributed by atoms with Crippen molar-refractivity contribution in [3.8, 4) is 0 Å². The molecule has 0 amide bonds.